The van der Waals surface area contributed by atoms with Gasteiger partial charge >= 0.3 is 6.09 Å². The number of amides is 1. The van der Waals surface area contributed by atoms with Crippen LogP contribution >= 0.6 is 11.6 Å². The molecule has 1 aromatic carbocycles. The largest absolute Gasteiger partial charge is 0.472 e. The summed E-state index contributed by atoms with van der Waals surface area (Å²) in [5.41, 5.74) is 1.58. The van der Waals surface area contributed by atoms with Gasteiger partial charge in [-0.05, 0) is 51.7 Å². The van der Waals surface area contributed by atoms with Crippen LogP contribution in [0.1, 0.15) is 44.6 Å². The Kier molecular flexibility index (Phi) is 5.09. The first kappa shape index (κ1) is 20.8. The van der Waals surface area contributed by atoms with E-state index in [9.17, 15) is 4.79 Å². The van der Waals surface area contributed by atoms with E-state index in [0.29, 0.717) is 28.1 Å². The maximum absolute atomic E-state index is 12.7. The third-order valence-corrected chi connectivity index (χ3v) is 6.93. The average molecular weight is 454 g/mol. The van der Waals surface area contributed by atoms with Crippen LogP contribution in [0.4, 0.5) is 22.0 Å². The molecule has 1 saturated carbocycles. The average Bonchev–Trinajstić information content (AvgIpc) is 3.20. The highest BCUT2D eigenvalue weighted by molar-refractivity contribution is 6.33. The maximum atomic E-state index is 12.7. The van der Waals surface area contributed by atoms with E-state index < -0.39 is 0 Å². The molecular weight excluding hydrogens is 430 g/mol. The standard InChI is InChI=1S/C23H24ClN5O3/c1-13-20(28-17-6-4-14(25-3)10-16(17)24)26-12-27-21(13)31-19-11-15-5-7-18(19)29(15)22(30)32-23(2)8-9-23/h4,6,10,12,15,18-19H,5,7-9,11H2,1-2H3,(H,26,27,28)/t15?,18?,19-/m0/s1. The maximum Gasteiger partial charge on any atom is 0.410 e. The van der Waals surface area contributed by atoms with Gasteiger partial charge in [-0.25, -0.2) is 19.6 Å². The molecule has 1 amide bonds. The van der Waals surface area contributed by atoms with E-state index in [1.54, 1.807) is 18.2 Å². The summed E-state index contributed by atoms with van der Waals surface area (Å²) in [4.78, 5) is 26.7. The van der Waals surface area contributed by atoms with Crippen molar-refractivity contribution in [2.45, 2.75) is 69.7 Å². The van der Waals surface area contributed by atoms with Gasteiger partial charge in [-0.3, -0.25) is 4.90 Å². The van der Waals surface area contributed by atoms with Gasteiger partial charge in [-0.1, -0.05) is 17.7 Å². The van der Waals surface area contributed by atoms with Crippen molar-refractivity contribution < 1.29 is 14.3 Å². The summed E-state index contributed by atoms with van der Waals surface area (Å²) in [6.07, 6.45) is 5.61. The van der Waals surface area contributed by atoms with Gasteiger partial charge in [0.2, 0.25) is 5.88 Å². The molecule has 3 heterocycles. The van der Waals surface area contributed by atoms with Crippen LogP contribution in [0.3, 0.4) is 0 Å². The van der Waals surface area contributed by atoms with Crippen molar-refractivity contribution >= 4 is 34.9 Å². The Hall–Kier alpha value is -3.05. The predicted octanol–water partition coefficient (Wildman–Crippen LogP) is 5.41. The quantitative estimate of drug-likeness (QED) is 0.610. The van der Waals surface area contributed by atoms with Crippen molar-refractivity contribution in [1.29, 1.82) is 0 Å². The number of fused-ring (bicyclic) bond motifs is 2. The Morgan fingerprint density at radius 2 is 2.16 bits per heavy atom. The van der Waals surface area contributed by atoms with Crippen LogP contribution in [0.2, 0.25) is 5.02 Å². The molecule has 32 heavy (non-hydrogen) atoms. The number of nitrogens with one attached hydrogen (secondary N) is 1. The van der Waals surface area contributed by atoms with Gasteiger partial charge in [0.15, 0.2) is 5.69 Å². The SMILES string of the molecule is [C-]#[N+]c1ccc(Nc2ncnc(O[C@H]3CC4CCC3N4C(=O)OC3(C)CC3)c2C)c(Cl)c1. The fourth-order valence-electron chi connectivity index (χ4n) is 4.51. The molecule has 1 aromatic heterocycles. The van der Waals surface area contributed by atoms with Gasteiger partial charge < -0.3 is 14.8 Å². The van der Waals surface area contributed by atoms with Crippen molar-refractivity contribution in [2.24, 2.45) is 0 Å². The van der Waals surface area contributed by atoms with Crippen LogP contribution in [-0.2, 0) is 4.74 Å². The van der Waals surface area contributed by atoms with Crippen molar-refractivity contribution in [1.82, 2.24) is 14.9 Å². The first-order chi connectivity index (χ1) is 15.4. The Morgan fingerprint density at radius 3 is 2.88 bits per heavy atom. The number of carbonyl (C=O) groups is 1. The predicted molar refractivity (Wildman–Crippen MR) is 120 cm³/mol. The van der Waals surface area contributed by atoms with Crippen LogP contribution in [0.5, 0.6) is 5.88 Å². The van der Waals surface area contributed by atoms with Crippen LogP contribution < -0.4 is 10.1 Å². The number of carbonyl (C=O) groups excluding carboxylic acids is 1. The molecule has 2 aliphatic heterocycles. The highest BCUT2D eigenvalue weighted by atomic mass is 35.5. The number of hydrogen-bond donors (Lipinski definition) is 1. The lowest BCUT2D eigenvalue weighted by molar-refractivity contribution is 0.0482. The van der Waals surface area contributed by atoms with E-state index in [1.807, 2.05) is 18.7 Å². The summed E-state index contributed by atoms with van der Waals surface area (Å²) in [5, 5.41) is 3.64. The van der Waals surface area contributed by atoms with E-state index in [0.717, 1.165) is 37.7 Å². The third-order valence-electron chi connectivity index (χ3n) is 6.61. The minimum Gasteiger partial charge on any atom is -0.472 e. The second kappa shape index (κ2) is 7.82. The van der Waals surface area contributed by atoms with Crippen molar-refractivity contribution in [3.8, 4) is 5.88 Å². The van der Waals surface area contributed by atoms with E-state index in [1.165, 1.54) is 6.33 Å². The van der Waals surface area contributed by atoms with Gasteiger partial charge in [0.05, 0.1) is 28.9 Å². The highest BCUT2D eigenvalue weighted by Crippen LogP contribution is 2.44. The van der Waals surface area contributed by atoms with E-state index in [4.69, 9.17) is 27.6 Å². The molecule has 2 aromatic rings. The molecule has 166 valence electrons. The minimum absolute atomic E-state index is 0.00349. The molecule has 1 N–H and O–H groups in total. The van der Waals surface area contributed by atoms with Crippen LogP contribution in [0.15, 0.2) is 24.5 Å². The molecular formula is C23H24ClN5O3. The van der Waals surface area contributed by atoms with Gasteiger partial charge in [0.1, 0.15) is 23.9 Å². The molecule has 3 fully saturated rings. The lowest BCUT2D eigenvalue weighted by atomic mass is 9.98. The van der Waals surface area contributed by atoms with E-state index in [-0.39, 0.29) is 29.9 Å². The van der Waals surface area contributed by atoms with Crippen LogP contribution in [0.25, 0.3) is 4.85 Å². The molecule has 3 aliphatic rings. The molecule has 2 bridgehead atoms. The number of ether oxygens (including phenoxy) is 2. The Morgan fingerprint density at radius 1 is 1.34 bits per heavy atom. The second-order valence-electron chi connectivity index (χ2n) is 8.97. The first-order valence-corrected chi connectivity index (χ1v) is 11.2. The number of aromatic nitrogens is 2. The molecule has 8 nitrogen and oxygen atoms in total. The Bertz CT molecular complexity index is 1110. The van der Waals surface area contributed by atoms with Gasteiger partial charge in [0.25, 0.3) is 0 Å². The summed E-state index contributed by atoms with van der Waals surface area (Å²) in [7, 11) is 0. The van der Waals surface area contributed by atoms with E-state index in [2.05, 4.69) is 20.1 Å². The molecule has 9 heteroatoms. The minimum atomic E-state index is -0.284. The topological polar surface area (TPSA) is 80.9 Å². The van der Waals surface area contributed by atoms with Crippen molar-refractivity contribution in [3.05, 3.63) is 46.5 Å². The Labute approximate surface area is 191 Å². The fraction of sp³-hybridized carbons (Fsp3) is 0.478. The van der Waals surface area contributed by atoms with Crippen molar-refractivity contribution in [2.75, 3.05) is 5.32 Å². The molecule has 2 unspecified atom stereocenters. The van der Waals surface area contributed by atoms with Crippen LogP contribution in [0, 0.1) is 13.5 Å². The molecule has 3 atom stereocenters. The highest BCUT2D eigenvalue weighted by Gasteiger charge is 2.53. The number of benzene rings is 1. The third kappa shape index (κ3) is 3.82. The molecule has 2 saturated heterocycles. The number of anilines is 2. The summed E-state index contributed by atoms with van der Waals surface area (Å²) in [6.45, 7) is 11.0. The number of nitrogens with zero attached hydrogens (tertiary/aromatic N) is 4. The van der Waals surface area contributed by atoms with E-state index >= 15 is 0 Å². The summed E-state index contributed by atoms with van der Waals surface area (Å²) < 4.78 is 12.0. The summed E-state index contributed by atoms with van der Waals surface area (Å²) in [5.74, 6) is 1.06. The zero-order valence-electron chi connectivity index (χ0n) is 18.0. The fourth-order valence-corrected chi connectivity index (χ4v) is 4.73. The van der Waals surface area contributed by atoms with Gasteiger partial charge in [0, 0.05) is 12.5 Å². The number of rotatable bonds is 5. The summed E-state index contributed by atoms with van der Waals surface area (Å²) in [6, 6.07) is 5.20. The van der Waals surface area contributed by atoms with Crippen LogP contribution in [-0.4, -0.2) is 44.7 Å². The van der Waals surface area contributed by atoms with Crippen molar-refractivity contribution in [3.63, 3.8) is 0 Å². The first-order valence-electron chi connectivity index (χ1n) is 10.8. The van der Waals surface area contributed by atoms with Gasteiger partial charge in [-0.15, -0.1) is 0 Å². The lowest BCUT2D eigenvalue weighted by Crippen LogP contribution is -2.41. The smallest absolute Gasteiger partial charge is 0.410 e. The lowest BCUT2D eigenvalue weighted by Gasteiger charge is -2.26. The summed E-state index contributed by atoms with van der Waals surface area (Å²) >= 11 is 6.30. The number of hydrogen-bond acceptors (Lipinski definition) is 6. The molecule has 1 aliphatic carbocycles. The normalized spacial score (nSPS) is 24.7. The monoisotopic (exact) mass is 453 g/mol. The zero-order chi connectivity index (χ0) is 22.5. The second-order valence-corrected chi connectivity index (χ2v) is 9.38. The molecule has 0 radical (unpaired) electrons. The number of halogens is 1. The Balaban J connectivity index is 1.30. The van der Waals surface area contributed by atoms with Gasteiger partial charge in [-0.2, -0.15) is 0 Å². The molecule has 5 rings (SSSR count). The zero-order valence-corrected chi connectivity index (χ0v) is 18.7. The molecule has 0 spiro atoms.